The van der Waals surface area contributed by atoms with Crippen LogP contribution >= 0.6 is 11.6 Å². The molecule has 1 N–H and O–H groups in total. The van der Waals surface area contributed by atoms with Gasteiger partial charge in [-0.05, 0) is 43.2 Å². The molecule has 2 aromatic rings. The highest BCUT2D eigenvalue weighted by atomic mass is 35.5. The molecule has 0 atom stereocenters. The molecule has 0 spiro atoms. The van der Waals surface area contributed by atoms with Crippen molar-refractivity contribution in [2.45, 2.75) is 18.3 Å². The normalized spacial score (nSPS) is 14.8. The minimum Gasteiger partial charge on any atom is -0.496 e. The van der Waals surface area contributed by atoms with Crippen LogP contribution in [0.4, 0.5) is 0 Å². The average molecular weight is 346 g/mol. The number of amides is 1. The zero-order valence-corrected chi connectivity index (χ0v) is 14.3. The zero-order valence-electron chi connectivity index (χ0n) is 13.5. The van der Waals surface area contributed by atoms with Crippen molar-refractivity contribution in [2.75, 3.05) is 20.3 Å². The highest BCUT2D eigenvalue weighted by Gasteiger charge is 2.46. The van der Waals surface area contributed by atoms with Gasteiger partial charge in [-0.1, -0.05) is 29.8 Å². The van der Waals surface area contributed by atoms with E-state index in [9.17, 15) is 4.79 Å². The lowest BCUT2D eigenvalue weighted by atomic mass is 9.95. The first-order chi connectivity index (χ1) is 11.6. The molecule has 126 valence electrons. The summed E-state index contributed by atoms with van der Waals surface area (Å²) >= 11 is 5.82. The fraction of sp³-hybridized carbons (Fsp3) is 0.316. The number of ether oxygens (including phenoxy) is 2. The van der Waals surface area contributed by atoms with Gasteiger partial charge in [0.05, 0.1) is 7.11 Å². The molecule has 1 aliphatic carbocycles. The Morgan fingerprint density at radius 1 is 1.17 bits per heavy atom. The van der Waals surface area contributed by atoms with Gasteiger partial charge < -0.3 is 14.8 Å². The SMILES string of the molecule is COc1ccccc1C1(CNC(=O)COc2ccc(Cl)cc2)CC1. The van der Waals surface area contributed by atoms with Crippen molar-refractivity contribution < 1.29 is 14.3 Å². The Morgan fingerprint density at radius 3 is 2.54 bits per heavy atom. The molecule has 0 heterocycles. The van der Waals surface area contributed by atoms with Crippen LogP contribution in [0.2, 0.25) is 5.02 Å². The number of carbonyl (C=O) groups excluding carboxylic acids is 1. The summed E-state index contributed by atoms with van der Waals surface area (Å²) in [6.07, 6.45) is 2.09. The number of carbonyl (C=O) groups is 1. The number of methoxy groups -OCH3 is 1. The van der Waals surface area contributed by atoms with Crippen LogP contribution in [0.1, 0.15) is 18.4 Å². The molecule has 1 amide bonds. The second kappa shape index (κ2) is 7.14. The molecule has 4 nitrogen and oxygen atoms in total. The fourth-order valence-electron chi connectivity index (χ4n) is 2.77. The van der Waals surface area contributed by atoms with E-state index in [1.807, 2.05) is 18.2 Å². The fourth-order valence-corrected chi connectivity index (χ4v) is 2.90. The van der Waals surface area contributed by atoms with Crippen molar-refractivity contribution in [1.82, 2.24) is 5.32 Å². The summed E-state index contributed by atoms with van der Waals surface area (Å²) in [7, 11) is 1.67. The Morgan fingerprint density at radius 2 is 1.88 bits per heavy atom. The van der Waals surface area contributed by atoms with Gasteiger partial charge in [-0.15, -0.1) is 0 Å². The first-order valence-electron chi connectivity index (χ1n) is 7.91. The molecular weight excluding hydrogens is 326 g/mol. The van der Waals surface area contributed by atoms with Gasteiger partial charge in [0.15, 0.2) is 6.61 Å². The largest absolute Gasteiger partial charge is 0.496 e. The first kappa shape index (κ1) is 16.7. The monoisotopic (exact) mass is 345 g/mol. The Labute approximate surface area is 146 Å². The van der Waals surface area contributed by atoms with Crippen LogP contribution in [0.15, 0.2) is 48.5 Å². The van der Waals surface area contributed by atoms with Crippen LogP contribution in [-0.2, 0) is 10.2 Å². The van der Waals surface area contributed by atoms with E-state index in [1.54, 1.807) is 31.4 Å². The number of hydrogen-bond donors (Lipinski definition) is 1. The molecule has 0 saturated heterocycles. The third-order valence-corrected chi connectivity index (χ3v) is 4.59. The molecule has 0 aliphatic heterocycles. The second-order valence-corrected chi connectivity index (χ2v) is 6.44. The number of nitrogens with one attached hydrogen (secondary N) is 1. The molecule has 0 radical (unpaired) electrons. The molecule has 1 fully saturated rings. The Hall–Kier alpha value is -2.20. The molecule has 0 unspecified atom stereocenters. The number of halogens is 1. The molecule has 5 heteroatoms. The third kappa shape index (κ3) is 3.82. The van der Waals surface area contributed by atoms with Gasteiger partial charge in [-0.2, -0.15) is 0 Å². The lowest BCUT2D eigenvalue weighted by Crippen LogP contribution is -2.35. The average Bonchev–Trinajstić information content (AvgIpc) is 3.40. The van der Waals surface area contributed by atoms with E-state index in [4.69, 9.17) is 21.1 Å². The van der Waals surface area contributed by atoms with Crippen molar-refractivity contribution in [2.24, 2.45) is 0 Å². The minimum absolute atomic E-state index is 0.0103. The summed E-state index contributed by atoms with van der Waals surface area (Å²) in [4.78, 5) is 12.1. The lowest BCUT2D eigenvalue weighted by molar-refractivity contribution is -0.123. The minimum atomic E-state index is -0.133. The van der Waals surface area contributed by atoms with Crippen molar-refractivity contribution in [3.05, 3.63) is 59.1 Å². The summed E-state index contributed by atoms with van der Waals surface area (Å²) in [5, 5.41) is 3.61. The second-order valence-electron chi connectivity index (χ2n) is 6.00. The summed E-state index contributed by atoms with van der Waals surface area (Å²) in [5.74, 6) is 1.37. The highest BCUT2D eigenvalue weighted by molar-refractivity contribution is 6.30. The van der Waals surface area contributed by atoms with E-state index >= 15 is 0 Å². The van der Waals surface area contributed by atoms with Crippen LogP contribution in [0.5, 0.6) is 11.5 Å². The summed E-state index contributed by atoms with van der Waals surface area (Å²) < 4.78 is 10.9. The maximum atomic E-state index is 12.1. The van der Waals surface area contributed by atoms with Crippen molar-refractivity contribution in [3.8, 4) is 11.5 Å². The van der Waals surface area contributed by atoms with Crippen LogP contribution in [0, 0.1) is 0 Å². The van der Waals surface area contributed by atoms with Gasteiger partial charge in [0.25, 0.3) is 5.91 Å². The summed E-state index contributed by atoms with van der Waals surface area (Å²) in [6.45, 7) is 0.583. The lowest BCUT2D eigenvalue weighted by Gasteiger charge is -2.19. The topological polar surface area (TPSA) is 47.6 Å². The molecular formula is C19H20ClNO3. The maximum absolute atomic E-state index is 12.1. The van der Waals surface area contributed by atoms with Gasteiger partial charge in [-0.25, -0.2) is 0 Å². The van der Waals surface area contributed by atoms with E-state index in [0.29, 0.717) is 17.3 Å². The molecule has 1 aliphatic rings. The van der Waals surface area contributed by atoms with Gasteiger partial charge in [0.2, 0.25) is 0 Å². The number of hydrogen-bond acceptors (Lipinski definition) is 3. The quantitative estimate of drug-likeness (QED) is 0.834. The van der Waals surface area contributed by atoms with Crippen molar-refractivity contribution >= 4 is 17.5 Å². The van der Waals surface area contributed by atoms with Crippen LogP contribution in [-0.4, -0.2) is 26.2 Å². The standard InChI is InChI=1S/C19H20ClNO3/c1-23-17-5-3-2-4-16(17)19(10-11-19)13-21-18(22)12-24-15-8-6-14(20)7-9-15/h2-9H,10-13H2,1H3,(H,21,22). The van der Waals surface area contributed by atoms with Gasteiger partial charge in [0, 0.05) is 22.5 Å². The Balaban J connectivity index is 1.53. The molecule has 0 bridgehead atoms. The van der Waals surface area contributed by atoms with Crippen molar-refractivity contribution in [1.29, 1.82) is 0 Å². The highest BCUT2D eigenvalue weighted by Crippen LogP contribution is 2.50. The predicted molar refractivity (Wildman–Crippen MR) is 93.9 cm³/mol. The molecule has 2 aromatic carbocycles. The van der Waals surface area contributed by atoms with E-state index in [1.165, 1.54) is 0 Å². The Kier molecular flexibility index (Phi) is 4.95. The van der Waals surface area contributed by atoms with E-state index in [2.05, 4.69) is 11.4 Å². The molecule has 1 saturated carbocycles. The zero-order chi connectivity index (χ0) is 17.0. The maximum Gasteiger partial charge on any atom is 0.257 e. The first-order valence-corrected chi connectivity index (χ1v) is 8.29. The molecule has 0 aromatic heterocycles. The smallest absolute Gasteiger partial charge is 0.257 e. The summed E-state index contributed by atoms with van der Waals surface area (Å²) in [6, 6.07) is 14.9. The van der Waals surface area contributed by atoms with E-state index in [0.717, 1.165) is 24.2 Å². The number of benzene rings is 2. The number of rotatable bonds is 7. The number of para-hydroxylation sites is 1. The van der Waals surface area contributed by atoms with Gasteiger partial charge >= 0.3 is 0 Å². The van der Waals surface area contributed by atoms with Gasteiger partial charge in [0.1, 0.15) is 11.5 Å². The van der Waals surface area contributed by atoms with Crippen LogP contribution in [0.25, 0.3) is 0 Å². The van der Waals surface area contributed by atoms with Crippen LogP contribution in [0.3, 0.4) is 0 Å². The van der Waals surface area contributed by atoms with Gasteiger partial charge in [-0.3, -0.25) is 4.79 Å². The van der Waals surface area contributed by atoms with Crippen LogP contribution < -0.4 is 14.8 Å². The van der Waals surface area contributed by atoms with E-state index in [-0.39, 0.29) is 17.9 Å². The predicted octanol–water partition coefficient (Wildman–Crippen LogP) is 3.58. The molecule has 24 heavy (non-hydrogen) atoms. The van der Waals surface area contributed by atoms with E-state index < -0.39 is 0 Å². The summed E-state index contributed by atoms with van der Waals surface area (Å²) in [5.41, 5.74) is 1.15. The Bertz CT molecular complexity index is 711. The molecule has 3 rings (SSSR count). The van der Waals surface area contributed by atoms with Crippen molar-refractivity contribution in [3.63, 3.8) is 0 Å². The third-order valence-electron chi connectivity index (χ3n) is 4.34.